The number of hydrogen-bond acceptors (Lipinski definition) is 2. The number of allylic oxidation sites excluding steroid dienone is 1. The van der Waals surface area contributed by atoms with Crippen molar-refractivity contribution in [3.8, 4) is 0 Å². The lowest BCUT2D eigenvalue weighted by Crippen LogP contribution is -2.46. The van der Waals surface area contributed by atoms with Crippen LogP contribution in [-0.2, 0) is 9.59 Å². The molecule has 0 aromatic rings. The minimum atomic E-state index is 0.0196. The summed E-state index contributed by atoms with van der Waals surface area (Å²) < 4.78 is 0.814. The molecule has 0 bridgehead atoms. The van der Waals surface area contributed by atoms with E-state index in [1.807, 2.05) is 20.8 Å². The van der Waals surface area contributed by atoms with Gasteiger partial charge in [-0.1, -0.05) is 27.4 Å². The van der Waals surface area contributed by atoms with Crippen molar-refractivity contribution >= 4 is 11.7 Å². The molecule has 1 aliphatic heterocycles. The summed E-state index contributed by atoms with van der Waals surface area (Å²) in [5.74, 6) is 0.346. The lowest BCUT2D eigenvalue weighted by atomic mass is 10.1. The topological polar surface area (TPSA) is 37.4 Å². The smallest absolute Gasteiger partial charge is 0.251 e. The molecule has 0 aromatic carbocycles. The molecule has 1 amide bonds. The lowest BCUT2D eigenvalue weighted by Gasteiger charge is -2.31. The van der Waals surface area contributed by atoms with Crippen molar-refractivity contribution in [2.75, 3.05) is 33.7 Å². The number of nitrogens with zero attached hydrogens (tertiary/aromatic N) is 2. The normalized spacial score (nSPS) is 14.2. The minimum absolute atomic E-state index is 0.0196. The third-order valence-electron chi connectivity index (χ3n) is 3.57. The summed E-state index contributed by atoms with van der Waals surface area (Å²) in [5, 5.41) is 0. The number of carbonyl (C=O) groups is 2. The van der Waals surface area contributed by atoms with Crippen molar-refractivity contribution in [2.24, 2.45) is 0 Å². The highest BCUT2D eigenvalue weighted by Gasteiger charge is 2.22. The van der Waals surface area contributed by atoms with E-state index < -0.39 is 0 Å². The molecule has 21 heavy (non-hydrogen) atoms. The molecule has 0 spiro atoms. The highest BCUT2D eigenvalue weighted by atomic mass is 16.2. The molecule has 4 heteroatoms. The maximum Gasteiger partial charge on any atom is 0.251 e. The number of quaternary nitrogens is 1. The molecule has 0 atom stereocenters. The van der Waals surface area contributed by atoms with Gasteiger partial charge in [-0.15, -0.1) is 0 Å². The van der Waals surface area contributed by atoms with E-state index >= 15 is 0 Å². The molecule has 0 aromatic heterocycles. The molecule has 0 unspecified atom stereocenters. The number of Topliss-reactive ketones (excluding diaryl/α,β-unsaturated/α-hetero) is 1. The molecule has 1 rings (SSSR count). The molecule has 0 saturated heterocycles. The van der Waals surface area contributed by atoms with Gasteiger partial charge in [0.05, 0.1) is 33.7 Å². The van der Waals surface area contributed by atoms with Crippen molar-refractivity contribution in [3.05, 3.63) is 24.4 Å². The number of rotatable bonds is 8. The van der Waals surface area contributed by atoms with Crippen molar-refractivity contribution in [1.29, 1.82) is 0 Å². The summed E-state index contributed by atoms with van der Waals surface area (Å²) in [6.45, 7) is 12.3. The third-order valence-corrected chi connectivity index (χ3v) is 3.57. The van der Waals surface area contributed by atoms with Gasteiger partial charge in [-0.25, -0.2) is 0 Å². The molecule has 0 N–H and O–H groups in total. The van der Waals surface area contributed by atoms with Gasteiger partial charge < -0.3 is 9.38 Å². The van der Waals surface area contributed by atoms with Gasteiger partial charge in [0.25, 0.3) is 5.91 Å². The first kappa shape index (κ1) is 19.6. The Morgan fingerprint density at radius 1 is 1.24 bits per heavy atom. The van der Waals surface area contributed by atoms with Crippen LogP contribution in [0.3, 0.4) is 0 Å². The second-order valence-corrected chi connectivity index (χ2v) is 5.69. The van der Waals surface area contributed by atoms with Gasteiger partial charge in [0.15, 0.2) is 0 Å². The van der Waals surface area contributed by atoms with Crippen LogP contribution in [0.1, 0.15) is 40.0 Å². The van der Waals surface area contributed by atoms with E-state index in [1.165, 1.54) is 0 Å². The molecular weight excluding hydrogens is 264 g/mol. The Balaban J connectivity index is 0.00000191. The van der Waals surface area contributed by atoms with Crippen molar-refractivity contribution in [3.63, 3.8) is 0 Å². The maximum absolute atomic E-state index is 11.6. The fourth-order valence-corrected chi connectivity index (χ4v) is 2.11. The van der Waals surface area contributed by atoms with Crippen LogP contribution in [0.25, 0.3) is 0 Å². The number of likely N-dealkylation sites (N-methyl/N-ethyl adjacent to an activating group) is 1. The van der Waals surface area contributed by atoms with Crippen LogP contribution in [0.2, 0.25) is 0 Å². The largest absolute Gasteiger partial charge is 0.327 e. The van der Waals surface area contributed by atoms with E-state index in [9.17, 15) is 9.59 Å². The molecule has 0 aliphatic carbocycles. The van der Waals surface area contributed by atoms with E-state index in [-0.39, 0.29) is 5.91 Å². The predicted molar refractivity (Wildman–Crippen MR) is 87.7 cm³/mol. The average Bonchev–Trinajstić information content (AvgIpc) is 2.77. The fraction of sp³-hybridized carbons (Fsp3) is 0.647. The molecule has 1 aliphatic rings. The van der Waals surface area contributed by atoms with Gasteiger partial charge in [0.1, 0.15) is 5.78 Å². The molecule has 0 radical (unpaired) electrons. The van der Waals surface area contributed by atoms with Crippen molar-refractivity contribution in [2.45, 2.75) is 40.0 Å². The van der Waals surface area contributed by atoms with Crippen LogP contribution < -0.4 is 0 Å². The van der Waals surface area contributed by atoms with Gasteiger partial charge >= 0.3 is 0 Å². The SMILES string of the molecule is C=C1C=CC(=O)N1CC[N+](C)(C)CCCC(=O)CC.CC. The Hall–Kier alpha value is -1.42. The van der Waals surface area contributed by atoms with E-state index in [4.69, 9.17) is 0 Å². The van der Waals surface area contributed by atoms with Gasteiger partial charge in [0, 0.05) is 31.0 Å². The fourth-order valence-electron chi connectivity index (χ4n) is 2.11. The summed E-state index contributed by atoms with van der Waals surface area (Å²) >= 11 is 0. The summed E-state index contributed by atoms with van der Waals surface area (Å²) in [6.07, 6.45) is 5.51. The summed E-state index contributed by atoms with van der Waals surface area (Å²) in [5.41, 5.74) is 0.770. The number of amides is 1. The molecule has 0 saturated carbocycles. The number of carbonyl (C=O) groups excluding carboxylic acids is 2. The van der Waals surface area contributed by atoms with E-state index in [2.05, 4.69) is 20.7 Å². The quantitative estimate of drug-likeness (QED) is 0.646. The molecular formula is C17H31N2O2+. The number of hydrogen-bond donors (Lipinski definition) is 0. The Labute approximate surface area is 129 Å². The van der Waals surface area contributed by atoms with E-state index in [0.717, 1.165) is 29.7 Å². The first-order chi connectivity index (χ1) is 9.85. The second kappa shape index (κ2) is 9.50. The van der Waals surface area contributed by atoms with Crippen LogP contribution in [0.15, 0.2) is 24.4 Å². The highest BCUT2D eigenvalue weighted by molar-refractivity contribution is 5.92. The molecule has 120 valence electrons. The van der Waals surface area contributed by atoms with Crippen LogP contribution in [0.4, 0.5) is 0 Å². The highest BCUT2D eigenvalue weighted by Crippen LogP contribution is 2.13. The first-order valence-electron chi connectivity index (χ1n) is 7.88. The lowest BCUT2D eigenvalue weighted by molar-refractivity contribution is -0.889. The van der Waals surface area contributed by atoms with Crippen LogP contribution in [0, 0.1) is 0 Å². The Morgan fingerprint density at radius 3 is 2.33 bits per heavy atom. The zero-order chi connectivity index (χ0) is 16.5. The monoisotopic (exact) mass is 295 g/mol. The molecule has 0 fully saturated rings. The van der Waals surface area contributed by atoms with Crippen LogP contribution in [0.5, 0.6) is 0 Å². The average molecular weight is 295 g/mol. The summed E-state index contributed by atoms with van der Waals surface area (Å²) in [7, 11) is 4.26. The second-order valence-electron chi connectivity index (χ2n) is 5.69. The van der Waals surface area contributed by atoms with Gasteiger partial charge in [-0.05, 0) is 6.08 Å². The van der Waals surface area contributed by atoms with Gasteiger partial charge in [-0.2, -0.15) is 0 Å². The summed E-state index contributed by atoms with van der Waals surface area (Å²) in [6, 6.07) is 0. The Kier molecular flexibility index (Phi) is 8.86. The summed E-state index contributed by atoms with van der Waals surface area (Å²) in [4.78, 5) is 24.5. The first-order valence-corrected chi connectivity index (χ1v) is 7.88. The van der Waals surface area contributed by atoms with E-state index in [0.29, 0.717) is 25.2 Å². The van der Waals surface area contributed by atoms with E-state index in [1.54, 1.807) is 17.1 Å². The zero-order valence-corrected chi connectivity index (χ0v) is 14.3. The van der Waals surface area contributed by atoms with Crippen LogP contribution >= 0.6 is 0 Å². The van der Waals surface area contributed by atoms with Gasteiger partial charge in [-0.3, -0.25) is 9.59 Å². The molecule has 1 heterocycles. The maximum atomic E-state index is 11.6. The Morgan fingerprint density at radius 2 is 1.86 bits per heavy atom. The van der Waals surface area contributed by atoms with Crippen molar-refractivity contribution in [1.82, 2.24) is 4.90 Å². The molecule has 4 nitrogen and oxygen atoms in total. The zero-order valence-electron chi connectivity index (χ0n) is 14.3. The minimum Gasteiger partial charge on any atom is -0.327 e. The number of ketones is 1. The predicted octanol–water partition coefficient (Wildman–Crippen LogP) is 2.76. The van der Waals surface area contributed by atoms with Crippen molar-refractivity contribution < 1.29 is 14.1 Å². The van der Waals surface area contributed by atoms with Crippen LogP contribution in [-0.4, -0.2) is 54.8 Å². The van der Waals surface area contributed by atoms with Gasteiger partial charge in [0.2, 0.25) is 0 Å². The Bertz CT molecular complexity index is 380. The third kappa shape index (κ3) is 7.23. The standard InChI is InChI=1S/C15H25N2O2.C2H6/c1-5-14(18)7-6-11-17(3,4)12-10-16-13(2)8-9-15(16)19;1-2/h8-9H,2,5-7,10-12H2,1,3-4H3;1-2H3/q+1;.